The van der Waals surface area contributed by atoms with Crippen LogP contribution < -0.4 is 10.5 Å². The van der Waals surface area contributed by atoms with Crippen molar-refractivity contribution in [3.05, 3.63) is 28.9 Å². The molecule has 1 heterocycles. The number of ether oxygens (including phenoxy) is 1. The minimum absolute atomic E-state index is 0.565. The molecule has 5 heteroatoms. The van der Waals surface area contributed by atoms with Crippen molar-refractivity contribution in [3.8, 4) is 16.9 Å². The predicted octanol–water partition coefficient (Wildman–Crippen LogP) is 3.21. The Bertz CT molecular complexity index is 563. The van der Waals surface area contributed by atoms with Gasteiger partial charge in [0.2, 0.25) is 0 Å². The fourth-order valence-corrected chi connectivity index (χ4v) is 2.43. The average Bonchev–Trinajstić information content (AvgIpc) is 3.10. The summed E-state index contributed by atoms with van der Waals surface area (Å²) in [5.74, 6) is 2.16. The molecule has 0 aliphatic heterocycles. The highest BCUT2D eigenvalue weighted by Gasteiger charge is 2.22. The normalized spacial score (nSPS) is 14.7. The van der Waals surface area contributed by atoms with Gasteiger partial charge in [-0.3, -0.25) is 5.10 Å². The lowest BCUT2D eigenvalue weighted by atomic mass is 10.1. The Morgan fingerprint density at radius 2 is 2.22 bits per heavy atom. The summed E-state index contributed by atoms with van der Waals surface area (Å²) < 4.78 is 6.75. The average molecular weight is 308 g/mol. The van der Waals surface area contributed by atoms with Crippen molar-refractivity contribution in [2.45, 2.75) is 12.8 Å². The molecular weight excluding hydrogens is 294 g/mol. The largest absolute Gasteiger partial charge is 0.492 e. The number of H-pyrrole nitrogens is 1. The summed E-state index contributed by atoms with van der Waals surface area (Å²) in [6.45, 7) is 0.795. The van der Waals surface area contributed by atoms with Gasteiger partial charge in [0.05, 0.1) is 17.3 Å². The number of hydrogen-bond acceptors (Lipinski definition) is 3. The predicted molar refractivity (Wildman–Crippen MR) is 74.4 cm³/mol. The van der Waals surface area contributed by atoms with Crippen molar-refractivity contribution in [3.63, 3.8) is 0 Å². The van der Waals surface area contributed by atoms with E-state index < -0.39 is 0 Å². The minimum Gasteiger partial charge on any atom is -0.492 e. The van der Waals surface area contributed by atoms with Crippen molar-refractivity contribution < 1.29 is 4.74 Å². The zero-order valence-corrected chi connectivity index (χ0v) is 11.4. The molecule has 0 atom stereocenters. The van der Waals surface area contributed by atoms with Gasteiger partial charge in [-0.1, -0.05) is 12.1 Å². The van der Waals surface area contributed by atoms with Crippen molar-refractivity contribution in [1.29, 1.82) is 0 Å². The third-order valence-electron chi connectivity index (χ3n) is 3.09. The molecule has 3 N–H and O–H groups in total. The van der Waals surface area contributed by atoms with E-state index in [-0.39, 0.29) is 0 Å². The van der Waals surface area contributed by atoms with Crippen LogP contribution in [0.4, 0.5) is 5.82 Å². The molecule has 1 aliphatic carbocycles. The molecule has 0 unspecified atom stereocenters. The molecule has 0 bridgehead atoms. The number of benzene rings is 1. The monoisotopic (exact) mass is 307 g/mol. The van der Waals surface area contributed by atoms with Crippen LogP contribution >= 0.6 is 15.9 Å². The van der Waals surface area contributed by atoms with Gasteiger partial charge in [-0.25, -0.2) is 0 Å². The summed E-state index contributed by atoms with van der Waals surface area (Å²) in [6, 6.07) is 5.93. The summed E-state index contributed by atoms with van der Waals surface area (Å²) in [5, 5.41) is 6.68. The van der Waals surface area contributed by atoms with Crippen molar-refractivity contribution >= 4 is 21.7 Å². The number of halogens is 1. The summed E-state index contributed by atoms with van der Waals surface area (Å²) in [4.78, 5) is 0. The first-order valence-electron chi connectivity index (χ1n) is 5.96. The molecule has 1 saturated carbocycles. The lowest BCUT2D eigenvalue weighted by Crippen LogP contribution is -2.00. The molecule has 1 aromatic carbocycles. The van der Waals surface area contributed by atoms with Gasteiger partial charge in [-0.2, -0.15) is 5.10 Å². The lowest BCUT2D eigenvalue weighted by Gasteiger charge is -2.10. The molecular formula is C13H14BrN3O. The number of hydrogen-bond donors (Lipinski definition) is 2. The second-order valence-corrected chi connectivity index (χ2v) is 5.36. The van der Waals surface area contributed by atoms with Crippen molar-refractivity contribution in [1.82, 2.24) is 10.2 Å². The molecule has 3 rings (SSSR count). The first-order valence-corrected chi connectivity index (χ1v) is 6.75. The standard InChI is InChI=1S/C13H14BrN3O/c14-12-9(10-6-16-17-13(10)15)2-1-3-11(12)18-7-8-4-5-8/h1-3,6,8H,4-5,7H2,(H3,15,16,17). The first kappa shape index (κ1) is 11.6. The highest BCUT2D eigenvalue weighted by molar-refractivity contribution is 9.10. The van der Waals surface area contributed by atoms with Crippen LogP contribution in [0.1, 0.15) is 12.8 Å². The summed E-state index contributed by atoms with van der Waals surface area (Å²) in [6.07, 6.45) is 4.29. The SMILES string of the molecule is Nc1[nH]ncc1-c1cccc(OCC2CC2)c1Br. The summed E-state index contributed by atoms with van der Waals surface area (Å²) in [7, 11) is 0. The highest BCUT2D eigenvalue weighted by Crippen LogP contribution is 2.38. The van der Waals surface area contributed by atoms with Crippen LogP contribution in [-0.2, 0) is 0 Å². The number of nitrogens with one attached hydrogen (secondary N) is 1. The van der Waals surface area contributed by atoms with Gasteiger partial charge in [0.1, 0.15) is 11.6 Å². The van der Waals surface area contributed by atoms with Crippen LogP contribution in [0.15, 0.2) is 28.9 Å². The molecule has 18 heavy (non-hydrogen) atoms. The third kappa shape index (κ3) is 2.22. The minimum atomic E-state index is 0.565. The maximum atomic E-state index is 5.84. The smallest absolute Gasteiger partial charge is 0.134 e. The fraction of sp³-hybridized carbons (Fsp3) is 0.308. The molecule has 0 saturated heterocycles. The van der Waals surface area contributed by atoms with Gasteiger partial charge in [-0.15, -0.1) is 0 Å². The van der Waals surface area contributed by atoms with Gasteiger partial charge in [0, 0.05) is 11.1 Å². The van der Waals surface area contributed by atoms with E-state index in [0.717, 1.165) is 33.9 Å². The fourth-order valence-electron chi connectivity index (χ4n) is 1.83. The quantitative estimate of drug-likeness (QED) is 0.911. The number of aromatic nitrogens is 2. The van der Waals surface area contributed by atoms with Crippen molar-refractivity contribution in [2.24, 2.45) is 5.92 Å². The van der Waals surface area contributed by atoms with Crippen LogP contribution in [0.3, 0.4) is 0 Å². The van der Waals surface area contributed by atoms with E-state index in [1.807, 2.05) is 18.2 Å². The number of anilines is 1. The molecule has 0 spiro atoms. The Kier molecular flexibility index (Phi) is 2.99. The Labute approximate surface area is 114 Å². The maximum absolute atomic E-state index is 5.84. The Morgan fingerprint density at radius 3 is 2.89 bits per heavy atom. The topological polar surface area (TPSA) is 63.9 Å². The molecule has 1 fully saturated rings. The Morgan fingerprint density at radius 1 is 1.39 bits per heavy atom. The lowest BCUT2D eigenvalue weighted by molar-refractivity contribution is 0.298. The number of nitrogens with two attached hydrogens (primary N) is 1. The van der Waals surface area contributed by atoms with E-state index in [4.69, 9.17) is 10.5 Å². The van der Waals surface area contributed by atoms with E-state index >= 15 is 0 Å². The van der Waals surface area contributed by atoms with Crippen LogP contribution in [0.2, 0.25) is 0 Å². The van der Waals surface area contributed by atoms with Crippen molar-refractivity contribution in [2.75, 3.05) is 12.3 Å². The van der Waals surface area contributed by atoms with E-state index in [1.54, 1.807) is 6.20 Å². The number of nitrogens with zero attached hydrogens (tertiary/aromatic N) is 1. The van der Waals surface area contributed by atoms with Gasteiger partial charge in [0.25, 0.3) is 0 Å². The molecule has 1 aliphatic rings. The van der Waals surface area contributed by atoms with E-state index in [9.17, 15) is 0 Å². The molecule has 94 valence electrons. The van der Waals surface area contributed by atoms with Crippen LogP contribution in [-0.4, -0.2) is 16.8 Å². The number of rotatable bonds is 4. The van der Waals surface area contributed by atoms with Gasteiger partial charge >= 0.3 is 0 Å². The second kappa shape index (κ2) is 4.65. The molecule has 2 aromatic rings. The molecule has 4 nitrogen and oxygen atoms in total. The van der Waals surface area contributed by atoms with Gasteiger partial charge in [-0.05, 0) is 40.8 Å². The first-order chi connectivity index (χ1) is 8.75. The van der Waals surface area contributed by atoms with Gasteiger partial charge < -0.3 is 10.5 Å². The molecule has 1 aromatic heterocycles. The van der Waals surface area contributed by atoms with Gasteiger partial charge in [0.15, 0.2) is 0 Å². The van der Waals surface area contributed by atoms with Crippen LogP contribution in [0.25, 0.3) is 11.1 Å². The molecule has 0 amide bonds. The second-order valence-electron chi connectivity index (χ2n) is 4.57. The molecule has 0 radical (unpaired) electrons. The Hall–Kier alpha value is -1.49. The zero-order valence-electron chi connectivity index (χ0n) is 9.82. The van der Waals surface area contributed by atoms with Crippen LogP contribution in [0, 0.1) is 5.92 Å². The highest BCUT2D eigenvalue weighted by atomic mass is 79.9. The van der Waals surface area contributed by atoms with E-state index in [1.165, 1.54) is 12.8 Å². The maximum Gasteiger partial charge on any atom is 0.134 e. The number of aromatic amines is 1. The van der Waals surface area contributed by atoms with Crippen LogP contribution in [0.5, 0.6) is 5.75 Å². The van der Waals surface area contributed by atoms with E-state index in [2.05, 4.69) is 26.1 Å². The summed E-state index contributed by atoms with van der Waals surface area (Å²) in [5.41, 5.74) is 7.73. The van der Waals surface area contributed by atoms with E-state index in [0.29, 0.717) is 5.82 Å². The zero-order chi connectivity index (χ0) is 12.5. The summed E-state index contributed by atoms with van der Waals surface area (Å²) >= 11 is 3.59. The Balaban J connectivity index is 1.90. The third-order valence-corrected chi connectivity index (χ3v) is 3.91. The number of nitrogen functional groups attached to an aromatic ring is 1.